The van der Waals surface area contributed by atoms with E-state index in [0.717, 1.165) is 57.8 Å². The second kappa shape index (κ2) is 13.2. The zero-order valence-corrected chi connectivity index (χ0v) is 29.7. The summed E-state index contributed by atoms with van der Waals surface area (Å²) < 4.78 is 17.5. The van der Waals surface area contributed by atoms with Crippen LogP contribution in [0.2, 0.25) is 0 Å². The number of rotatable bonds is 7. The molecule has 6 aliphatic rings. The molecule has 0 aromatic heterocycles. The molecular formula is C37H58O10. The topological polar surface area (TPSA) is 116 Å². The number of hydrogen-bond acceptors (Lipinski definition) is 10. The molecule has 10 heteroatoms. The molecule has 0 amide bonds. The summed E-state index contributed by atoms with van der Waals surface area (Å²) >= 11 is 0. The lowest BCUT2D eigenvalue weighted by molar-refractivity contribution is -0.665. The van der Waals surface area contributed by atoms with Crippen molar-refractivity contribution in [1.82, 2.24) is 0 Å². The Bertz CT molecular complexity index is 1170. The Hall–Kier alpha value is -1.75. The molecule has 0 bridgehead atoms. The van der Waals surface area contributed by atoms with E-state index in [4.69, 9.17) is 33.8 Å². The summed E-state index contributed by atoms with van der Waals surface area (Å²) in [6.07, 6.45) is 10.7. The molecule has 266 valence electrons. The van der Waals surface area contributed by atoms with Gasteiger partial charge in [0, 0.05) is 57.3 Å². The van der Waals surface area contributed by atoms with Crippen LogP contribution in [0.15, 0.2) is 0 Å². The molecule has 0 aromatic carbocycles. The van der Waals surface area contributed by atoms with E-state index < -0.39 is 11.6 Å². The van der Waals surface area contributed by atoms with Gasteiger partial charge in [0.1, 0.15) is 12.2 Å². The highest BCUT2D eigenvalue weighted by molar-refractivity contribution is 5.69. The third-order valence-corrected chi connectivity index (χ3v) is 14.3. The number of methoxy groups -OCH3 is 1. The molecule has 1 heterocycles. The lowest BCUT2D eigenvalue weighted by atomic mass is 9.42. The van der Waals surface area contributed by atoms with E-state index in [0.29, 0.717) is 38.0 Å². The quantitative estimate of drug-likeness (QED) is 0.157. The lowest BCUT2D eigenvalue weighted by Crippen LogP contribution is -2.65. The second-order valence-corrected chi connectivity index (χ2v) is 16.6. The molecule has 1 saturated heterocycles. The van der Waals surface area contributed by atoms with Crippen LogP contribution in [-0.4, -0.2) is 48.8 Å². The van der Waals surface area contributed by atoms with Gasteiger partial charge in [-0.15, -0.1) is 0 Å². The van der Waals surface area contributed by atoms with Crippen LogP contribution >= 0.6 is 0 Å². The molecule has 1 aliphatic heterocycles. The first-order chi connectivity index (χ1) is 22.3. The SMILES string of the molecule is CCC1CCC2(CC1)OOC1(CC[C@@]3(C)[C@H](C[C@@H](OC(C)=O)[C@@H]4[C@@H]3C[C@H](OC(C)=O)[C@]3(C)C(C(C)CCC(=O)OC)CC[C@@H]43)C1)OO2. The standard InChI is InChI=1S/C37H58O10/c1-8-25-13-15-36(16-14-25)44-46-37(47-45-36)18-17-34(5)26(21-37)19-30(42-23(3)38)33-28-11-10-27(22(2)9-12-32(40)41-7)35(28,6)31(20-29(33)34)43-24(4)39/h22,25-31,33H,8-21H2,1-7H3/t22?,25?,26-,27?,28+,29+,30-,31+,33+,34+,35-,36?,37?/m1/s1. The van der Waals surface area contributed by atoms with Gasteiger partial charge in [-0.05, 0) is 92.3 Å². The van der Waals surface area contributed by atoms with E-state index in [1.807, 2.05) is 0 Å². The largest absolute Gasteiger partial charge is 0.469 e. The number of ether oxygens (including phenoxy) is 3. The summed E-state index contributed by atoms with van der Waals surface area (Å²) in [6, 6.07) is 0. The summed E-state index contributed by atoms with van der Waals surface area (Å²) in [5.74, 6) is -0.743. The highest BCUT2D eigenvalue weighted by Gasteiger charge is 2.69. The minimum Gasteiger partial charge on any atom is -0.469 e. The zero-order chi connectivity index (χ0) is 33.8. The third-order valence-electron chi connectivity index (χ3n) is 14.3. The van der Waals surface area contributed by atoms with Crippen molar-refractivity contribution in [2.45, 2.75) is 155 Å². The van der Waals surface area contributed by atoms with Crippen molar-refractivity contribution in [1.29, 1.82) is 0 Å². The monoisotopic (exact) mass is 662 g/mol. The van der Waals surface area contributed by atoms with Gasteiger partial charge >= 0.3 is 17.9 Å². The maximum absolute atomic E-state index is 12.7. The molecular weight excluding hydrogens is 604 g/mol. The highest BCUT2D eigenvalue weighted by atomic mass is 17.4. The maximum Gasteiger partial charge on any atom is 0.305 e. The smallest absolute Gasteiger partial charge is 0.305 e. The van der Waals surface area contributed by atoms with E-state index in [1.165, 1.54) is 21.0 Å². The van der Waals surface area contributed by atoms with Crippen molar-refractivity contribution < 1.29 is 48.1 Å². The van der Waals surface area contributed by atoms with Gasteiger partial charge in [0.15, 0.2) is 0 Å². The van der Waals surface area contributed by atoms with Crippen LogP contribution in [0.4, 0.5) is 0 Å². The van der Waals surface area contributed by atoms with E-state index in [-0.39, 0.29) is 76.5 Å². The van der Waals surface area contributed by atoms with Gasteiger partial charge in [0.2, 0.25) is 11.6 Å². The first-order valence-electron chi connectivity index (χ1n) is 18.4. The van der Waals surface area contributed by atoms with Crippen molar-refractivity contribution in [3.63, 3.8) is 0 Å². The third kappa shape index (κ3) is 6.27. The summed E-state index contributed by atoms with van der Waals surface area (Å²) in [7, 11) is 1.43. The summed E-state index contributed by atoms with van der Waals surface area (Å²) in [4.78, 5) is 61.9. The van der Waals surface area contributed by atoms with Crippen LogP contribution in [0.3, 0.4) is 0 Å². The molecule has 2 unspecified atom stereocenters. The first-order valence-corrected chi connectivity index (χ1v) is 18.4. The fourth-order valence-corrected chi connectivity index (χ4v) is 11.6. The molecule has 5 aliphatic carbocycles. The molecule has 0 radical (unpaired) electrons. The molecule has 0 N–H and O–H groups in total. The molecule has 5 saturated carbocycles. The predicted octanol–water partition coefficient (Wildman–Crippen LogP) is 7.22. The minimum atomic E-state index is -1.00. The van der Waals surface area contributed by atoms with Crippen LogP contribution in [0.25, 0.3) is 0 Å². The Kier molecular flexibility index (Phi) is 9.84. The number of fused-ring (bicyclic) bond motifs is 5. The maximum atomic E-state index is 12.7. The van der Waals surface area contributed by atoms with E-state index in [9.17, 15) is 14.4 Å². The first kappa shape index (κ1) is 35.1. The minimum absolute atomic E-state index is 0.109. The Balaban J connectivity index is 1.25. The van der Waals surface area contributed by atoms with Gasteiger partial charge in [0.25, 0.3) is 0 Å². The van der Waals surface area contributed by atoms with Crippen LogP contribution < -0.4 is 0 Å². The van der Waals surface area contributed by atoms with Gasteiger partial charge in [0.05, 0.1) is 7.11 Å². The fraction of sp³-hybridized carbons (Fsp3) is 0.919. The molecule has 10 atom stereocenters. The van der Waals surface area contributed by atoms with E-state index in [2.05, 4.69) is 27.7 Å². The summed E-state index contributed by atoms with van der Waals surface area (Å²) in [5.41, 5.74) is -0.413. The van der Waals surface area contributed by atoms with Crippen LogP contribution in [0.1, 0.15) is 131 Å². The fourth-order valence-electron chi connectivity index (χ4n) is 11.6. The highest BCUT2D eigenvalue weighted by Crippen LogP contribution is 2.70. The van der Waals surface area contributed by atoms with Gasteiger partial charge in [-0.1, -0.05) is 34.1 Å². The number of esters is 3. The summed E-state index contributed by atoms with van der Waals surface area (Å²) in [5, 5.41) is 0. The van der Waals surface area contributed by atoms with E-state index in [1.54, 1.807) is 0 Å². The molecule has 10 nitrogen and oxygen atoms in total. The van der Waals surface area contributed by atoms with Crippen molar-refractivity contribution in [3.05, 3.63) is 0 Å². The van der Waals surface area contributed by atoms with Gasteiger partial charge in [-0.3, -0.25) is 14.4 Å². The van der Waals surface area contributed by atoms with Crippen LogP contribution in [-0.2, 0) is 48.1 Å². The van der Waals surface area contributed by atoms with Crippen molar-refractivity contribution in [3.8, 4) is 0 Å². The number of carbonyl (C=O) groups excluding carboxylic acids is 3. The van der Waals surface area contributed by atoms with Crippen LogP contribution in [0, 0.1) is 52.3 Å². The number of carbonyl (C=O) groups is 3. The van der Waals surface area contributed by atoms with Gasteiger partial charge in [-0.2, -0.15) is 19.6 Å². The Morgan fingerprint density at radius 2 is 1.49 bits per heavy atom. The Labute approximate surface area is 280 Å². The normalized spacial score (nSPS) is 46.5. The Morgan fingerprint density at radius 1 is 0.830 bits per heavy atom. The average Bonchev–Trinajstić information content (AvgIpc) is 3.40. The van der Waals surface area contributed by atoms with Gasteiger partial charge in [-0.25, -0.2) is 0 Å². The van der Waals surface area contributed by atoms with Crippen molar-refractivity contribution in [2.75, 3.05) is 7.11 Å². The average molecular weight is 663 g/mol. The van der Waals surface area contributed by atoms with Crippen molar-refractivity contribution >= 4 is 17.9 Å². The van der Waals surface area contributed by atoms with Crippen LogP contribution in [0.5, 0.6) is 0 Å². The second-order valence-electron chi connectivity index (χ2n) is 16.6. The molecule has 6 fully saturated rings. The molecule has 2 spiro atoms. The molecule has 47 heavy (non-hydrogen) atoms. The molecule has 0 aromatic rings. The molecule has 6 rings (SSSR count). The van der Waals surface area contributed by atoms with Crippen molar-refractivity contribution in [2.24, 2.45) is 52.3 Å². The van der Waals surface area contributed by atoms with E-state index >= 15 is 0 Å². The predicted molar refractivity (Wildman–Crippen MR) is 170 cm³/mol. The lowest BCUT2D eigenvalue weighted by Gasteiger charge is -2.65. The summed E-state index contributed by atoms with van der Waals surface area (Å²) in [6.45, 7) is 12.1. The zero-order valence-electron chi connectivity index (χ0n) is 29.7. The van der Waals surface area contributed by atoms with Gasteiger partial charge < -0.3 is 14.2 Å². The number of hydrogen-bond donors (Lipinski definition) is 0. The Morgan fingerprint density at radius 3 is 2.11 bits per heavy atom.